The average molecular weight is 237 g/mol. The molecule has 1 unspecified atom stereocenters. The Balaban J connectivity index is 2.33. The number of aliphatic hydroxyl groups excluding tert-OH is 1. The first-order chi connectivity index (χ1) is 8.08. The van der Waals surface area contributed by atoms with Gasteiger partial charge in [-0.25, -0.2) is 4.98 Å². The number of piperidine rings is 1. The molecule has 0 bridgehead atoms. The first-order valence-corrected chi connectivity index (χ1v) is 5.62. The molecule has 1 aromatic heterocycles. The Labute approximate surface area is 99.0 Å². The molecule has 1 fully saturated rings. The molecule has 0 aromatic carbocycles. The number of hydrogen-bond donors (Lipinski definition) is 1. The summed E-state index contributed by atoms with van der Waals surface area (Å²) in [6, 6.07) is 1.52. The Morgan fingerprint density at radius 1 is 1.65 bits per heavy atom. The number of aromatic nitrogens is 1. The van der Waals surface area contributed by atoms with E-state index >= 15 is 0 Å². The fourth-order valence-electron chi connectivity index (χ4n) is 2.07. The summed E-state index contributed by atoms with van der Waals surface area (Å²) < 4.78 is 0. The Morgan fingerprint density at radius 2 is 2.41 bits per heavy atom. The summed E-state index contributed by atoms with van der Waals surface area (Å²) >= 11 is 0. The number of anilines is 1. The fourth-order valence-corrected chi connectivity index (χ4v) is 2.07. The van der Waals surface area contributed by atoms with Gasteiger partial charge in [-0.1, -0.05) is 0 Å². The summed E-state index contributed by atoms with van der Waals surface area (Å²) in [7, 11) is 0. The van der Waals surface area contributed by atoms with Crippen LogP contribution in [0.5, 0.6) is 0 Å². The Kier molecular flexibility index (Phi) is 3.23. The molecule has 0 saturated carbocycles. The highest BCUT2D eigenvalue weighted by atomic mass is 16.6. The van der Waals surface area contributed by atoms with Gasteiger partial charge in [0.2, 0.25) is 5.82 Å². The van der Waals surface area contributed by atoms with E-state index in [4.69, 9.17) is 0 Å². The van der Waals surface area contributed by atoms with Crippen LogP contribution in [0.3, 0.4) is 0 Å². The normalized spacial score (nSPS) is 20.4. The van der Waals surface area contributed by atoms with Crippen LogP contribution in [0.1, 0.15) is 18.4 Å². The number of nitro groups is 1. The smallest absolute Gasteiger partial charge is 0.311 e. The van der Waals surface area contributed by atoms with Gasteiger partial charge in [0.25, 0.3) is 0 Å². The van der Waals surface area contributed by atoms with Gasteiger partial charge in [-0.3, -0.25) is 10.1 Å². The van der Waals surface area contributed by atoms with E-state index in [-0.39, 0.29) is 5.69 Å². The van der Waals surface area contributed by atoms with Crippen molar-refractivity contribution in [3.8, 4) is 0 Å². The van der Waals surface area contributed by atoms with Crippen molar-refractivity contribution in [2.45, 2.75) is 25.9 Å². The first kappa shape index (κ1) is 11.8. The zero-order valence-electron chi connectivity index (χ0n) is 9.67. The summed E-state index contributed by atoms with van der Waals surface area (Å²) in [6.07, 6.45) is 2.76. The molecule has 1 aliphatic rings. The van der Waals surface area contributed by atoms with E-state index in [1.165, 1.54) is 6.07 Å². The minimum atomic E-state index is -0.425. The van der Waals surface area contributed by atoms with Crippen molar-refractivity contribution in [1.29, 1.82) is 0 Å². The van der Waals surface area contributed by atoms with Gasteiger partial charge < -0.3 is 10.0 Å². The van der Waals surface area contributed by atoms with E-state index in [9.17, 15) is 15.2 Å². The summed E-state index contributed by atoms with van der Waals surface area (Å²) in [5.41, 5.74) is 0.775. The number of hydrogen-bond acceptors (Lipinski definition) is 5. The third-order valence-electron chi connectivity index (χ3n) is 2.88. The van der Waals surface area contributed by atoms with Crippen molar-refractivity contribution in [2.24, 2.45) is 0 Å². The molecule has 92 valence electrons. The molecule has 2 rings (SSSR count). The predicted octanol–water partition coefficient (Wildman–Crippen LogP) is 1.26. The van der Waals surface area contributed by atoms with E-state index in [1.54, 1.807) is 18.0 Å². The summed E-state index contributed by atoms with van der Waals surface area (Å²) in [5, 5.41) is 20.6. The van der Waals surface area contributed by atoms with Crippen molar-refractivity contribution in [1.82, 2.24) is 4.98 Å². The van der Waals surface area contributed by atoms with Crippen LogP contribution in [-0.2, 0) is 0 Å². The minimum absolute atomic E-state index is 0.0131. The van der Waals surface area contributed by atoms with Crippen LogP contribution in [0.4, 0.5) is 11.5 Å². The lowest BCUT2D eigenvalue weighted by atomic mass is 10.1. The molecule has 6 nitrogen and oxygen atoms in total. The molecule has 0 aliphatic carbocycles. The lowest BCUT2D eigenvalue weighted by molar-refractivity contribution is -0.384. The van der Waals surface area contributed by atoms with Crippen molar-refractivity contribution >= 4 is 11.5 Å². The van der Waals surface area contributed by atoms with Crippen LogP contribution in [0.15, 0.2) is 12.3 Å². The van der Waals surface area contributed by atoms with Gasteiger partial charge in [0.05, 0.1) is 11.0 Å². The van der Waals surface area contributed by atoms with Gasteiger partial charge >= 0.3 is 5.69 Å². The van der Waals surface area contributed by atoms with Gasteiger partial charge in [0, 0.05) is 25.4 Å². The zero-order valence-corrected chi connectivity index (χ0v) is 9.67. The zero-order chi connectivity index (χ0) is 12.4. The first-order valence-electron chi connectivity index (χ1n) is 5.62. The van der Waals surface area contributed by atoms with Crippen molar-refractivity contribution in [2.75, 3.05) is 18.0 Å². The lowest BCUT2D eigenvalue weighted by Crippen LogP contribution is -2.39. The number of rotatable bonds is 2. The minimum Gasteiger partial charge on any atom is -0.391 e. The van der Waals surface area contributed by atoms with E-state index in [2.05, 4.69) is 4.98 Å². The van der Waals surface area contributed by atoms with E-state index < -0.39 is 11.0 Å². The summed E-state index contributed by atoms with van der Waals surface area (Å²) in [6.45, 7) is 2.89. The predicted molar refractivity (Wildman–Crippen MR) is 63.1 cm³/mol. The van der Waals surface area contributed by atoms with Crippen molar-refractivity contribution in [3.63, 3.8) is 0 Å². The van der Waals surface area contributed by atoms with Crippen LogP contribution >= 0.6 is 0 Å². The van der Waals surface area contributed by atoms with Crippen molar-refractivity contribution < 1.29 is 10.0 Å². The molecular weight excluding hydrogens is 222 g/mol. The average Bonchev–Trinajstić information content (AvgIpc) is 2.28. The number of pyridine rings is 1. The van der Waals surface area contributed by atoms with Crippen LogP contribution in [-0.4, -0.2) is 34.2 Å². The highest BCUT2D eigenvalue weighted by molar-refractivity contribution is 5.58. The van der Waals surface area contributed by atoms with E-state index in [0.717, 1.165) is 18.4 Å². The molecule has 1 N–H and O–H groups in total. The molecule has 0 spiro atoms. The van der Waals surface area contributed by atoms with E-state index in [1.807, 2.05) is 0 Å². The van der Waals surface area contributed by atoms with Crippen LogP contribution < -0.4 is 4.90 Å². The summed E-state index contributed by atoms with van der Waals surface area (Å²) in [5.74, 6) is 0.361. The molecule has 0 radical (unpaired) electrons. The Hall–Kier alpha value is -1.69. The molecule has 0 amide bonds. The Bertz CT molecular complexity index is 436. The maximum absolute atomic E-state index is 11.0. The molecule has 17 heavy (non-hydrogen) atoms. The number of aryl methyl sites for hydroxylation is 1. The largest absolute Gasteiger partial charge is 0.391 e. The molecule has 1 saturated heterocycles. The fraction of sp³-hybridized carbons (Fsp3) is 0.545. The third-order valence-corrected chi connectivity index (χ3v) is 2.88. The van der Waals surface area contributed by atoms with E-state index in [0.29, 0.717) is 18.9 Å². The number of nitrogens with zero attached hydrogens (tertiary/aromatic N) is 3. The molecular formula is C11H15N3O3. The third kappa shape index (κ3) is 2.52. The topological polar surface area (TPSA) is 79.5 Å². The Morgan fingerprint density at radius 3 is 3.06 bits per heavy atom. The quantitative estimate of drug-likeness (QED) is 0.618. The lowest BCUT2D eigenvalue weighted by Gasteiger charge is -2.30. The molecule has 1 aliphatic heterocycles. The highest BCUT2D eigenvalue weighted by Gasteiger charge is 2.25. The SMILES string of the molecule is Cc1cnc(N2CCCC(O)C2)c([N+](=O)[O-])c1. The van der Waals surface area contributed by atoms with Gasteiger partial charge in [-0.2, -0.15) is 0 Å². The number of aliphatic hydroxyl groups is 1. The van der Waals surface area contributed by atoms with Gasteiger partial charge in [-0.05, 0) is 25.3 Å². The monoisotopic (exact) mass is 237 g/mol. The second kappa shape index (κ2) is 4.67. The summed E-state index contributed by atoms with van der Waals surface area (Å²) in [4.78, 5) is 16.5. The van der Waals surface area contributed by atoms with Crippen LogP contribution in [0.25, 0.3) is 0 Å². The van der Waals surface area contributed by atoms with Crippen LogP contribution in [0.2, 0.25) is 0 Å². The number of β-amino-alcohol motifs (C(OH)–C–C–N with tert-alkyl or cyclic N) is 1. The second-order valence-electron chi connectivity index (χ2n) is 4.35. The van der Waals surface area contributed by atoms with Crippen LogP contribution in [0, 0.1) is 17.0 Å². The standard InChI is InChI=1S/C11H15N3O3/c1-8-5-10(14(16)17)11(12-6-8)13-4-2-3-9(15)7-13/h5-6,9,15H,2-4,7H2,1H3. The van der Waals surface area contributed by atoms with Crippen molar-refractivity contribution in [3.05, 3.63) is 27.9 Å². The van der Waals surface area contributed by atoms with Gasteiger partial charge in [0.1, 0.15) is 0 Å². The molecule has 2 heterocycles. The van der Waals surface area contributed by atoms with Gasteiger partial charge in [0.15, 0.2) is 0 Å². The van der Waals surface area contributed by atoms with Gasteiger partial charge in [-0.15, -0.1) is 0 Å². The molecule has 6 heteroatoms. The second-order valence-corrected chi connectivity index (χ2v) is 4.35. The molecule has 1 aromatic rings. The maximum Gasteiger partial charge on any atom is 0.311 e. The maximum atomic E-state index is 11.0. The highest BCUT2D eigenvalue weighted by Crippen LogP contribution is 2.28. The molecule has 1 atom stereocenters.